The number of imidazole rings is 1. The number of ether oxygens (including phenoxy) is 1. The van der Waals surface area contributed by atoms with E-state index in [1.807, 2.05) is 36.4 Å². The number of nitrogens with one attached hydrogen (secondary N) is 3. The quantitative estimate of drug-likeness (QED) is 0.461. The third-order valence-electron chi connectivity index (χ3n) is 5.73. The Morgan fingerprint density at radius 3 is 2.68 bits per heavy atom. The van der Waals surface area contributed by atoms with Gasteiger partial charge < -0.3 is 25.5 Å². The molecule has 0 bridgehead atoms. The van der Waals surface area contributed by atoms with Crippen LogP contribution in [0.25, 0.3) is 11.0 Å². The molecule has 1 heterocycles. The Morgan fingerprint density at radius 2 is 1.97 bits per heavy atom. The van der Waals surface area contributed by atoms with Crippen LogP contribution in [-0.4, -0.2) is 40.4 Å². The Morgan fingerprint density at radius 1 is 1.23 bits per heavy atom. The highest BCUT2D eigenvalue weighted by Gasteiger charge is 2.24. The number of aliphatic hydroxyl groups excluding tert-OH is 1. The van der Waals surface area contributed by atoms with Crippen molar-refractivity contribution in [2.75, 3.05) is 7.11 Å². The third kappa shape index (κ3) is 5.48. The number of aliphatic hydroxyl groups is 1. The van der Waals surface area contributed by atoms with Crippen molar-refractivity contribution in [3.8, 4) is 5.75 Å². The number of aromatic amines is 1. The number of benzene rings is 2. The number of halogens is 1. The van der Waals surface area contributed by atoms with Gasteiger partial charge in [0.05, 0.1) is 30.3 Å². The number of hydrogen-bond acceptors (Lipinski definition) is 4. The van der Waals surface area contributed by atoms with Crippen molar-refractivity contribution >= 4 is 28.7 Å². The van der Waals surface area contributed by atoms with Crippen molar-refractivity contribution in [3.63, 3.8) is 0 Å². The molecular formula is C23H27ClN4O3. The standard InChI is InChI=1S/C23H27ClN4O3/c1-31-18-9-2-14(3-10-18)12-21(22-26-19-11-4-15(24)13-20(19)27-22)28-23(30)25-16-5-7-17(29)8-6-16/h2-4,9-11,13,16-17,21,29H,5-8,12H2,1H3,(H,26,27)(H2,25,28,30)/t16?,17?,21-/m1/s1. The smallest absolute Gasteiger partial charge is 0.315 e. The zero-order valence-electron chi connectivity index (χ0n) is 17.4. The van der Waals surface area contributed by atoms with E-state index in [0.717, 1.165) is 35.2 Å². The van der Waals surface area contributed by atoms with E-state index in [9.17, 15) is 9.90 Å². The van der Waals surface area contributed by atoms with Gasteiger partial charge in [-0.15, -0.1) is 0 Å². The molecule has 3 aromatic rings. The molecular weight excluding hydrogens is 416 g/mol. The summed E-state index contributed by atoms with van der Waals surface area (Å²) in [6.45, 7) is 0. The number of nitrogens with zero attached hydrogens (tertiary/aromatic N) is 1. The molecule has 4 N–H and O–H groups in total. The number of rotatable bonds is 6. The molecule has 1 atom stereocenters. The van der Waals surface area contributed by atoms with Gasteiger partial charge in [0, 0.05) is 11.1 Å². The number of methoxy groups -OCH3 is 1. The lowest BCUT2D eigenvalue weighted by Gasteiger charge is -2.27. The van der Waals surface area contributed by atoms with E-state index in [1.54, 1.807) is 13.2 Å². The summed E-state index contributed by atoms with van der Waals surface area (Å²) in [5.74, 6) is 1.45. The highest BCUT2D eigenvalue weighted by molar-refractivity contribution is 6.31. The first-order valence-corrected chi connectivity index (χ1v) is 10.9. The van der Waals surface area contributed by atoms with Crippen molar-refractivity contribution < 1.29 is 14.6 Å². The predicted molar refractivity (Wildman–Crippen MR) is 120 cm³/mol. The van der Waals surface area contributed by atoms with Gasteiger partial charge in [-0.05, 0) is 68.0 Å². The third-order valence-corrected chi connectivity index (χ3v) is 5.96. The molecule has 0 unspecified atom stereocenters. The van der Waals surface area contributed by atoms with Gasteiger partial charge in [0.25, 0.3) is 0 Å². The molecule has 7 nitrogen and oxygen atoms in total. The Labute approximate surface area is 186 Å². The fourth-order valence-electron chi connectivity index (χ4n) is 3.99. The molecule has 1 aliphatic rings. The maximum Gasteiger partial charge on any atom is 0.315 e. The SMILES string of the molecule is COc1ccc(C[C@@H](NC(=O)NC2CCC(O)CC2)c2nc3ccc(Cl)cc3[nH]2)cc1. The number of aromatic nitrogens is 2. The van der Waals surface area contributed by atoms with Crippen molar-refractivity contribution in [1.29, 1.82) is 0 Å². The molecule has 2 amide bonds. The molecule has 1 aliphatic carbocycles. The summed E-state index contributed by atoms with van der Waals surface area (Å²) in [7, 11) is 1.63. The molecule has 1 aromatic heterocycles. The van der Waals surface area contributed by atoms with Crippen molar-refractivity contribution in [2.45, 2.75) is 50.3 Å². The van der Waals surface area contributed by atoms with Gasteiger partial charge in [0.15, 0.2) is 0 Å². The number of urea groups is 1. The topological polar surface area (TPSA) is 99.3 Å². The van der Waals surface area contributed by atoms with Gasteiger partial charge in [0.1, 0.15) is 11.6 Å². The first kappa shape index (κ1) is 21.5. The zero-order chi connectivity index (χ0) is 21.8. The van der Waals surface area contributed by atoms with Crippen LogP contribution >= 0.6 is 11.6 Å². The highest BCUT2D eigenvalue weighted by atomic mass is 35.5. The molecule has 1 fully saturated rings. The summed E-state index contributed by atoms with van der Waals surface area (Å²) in [5, 5.41) is 16.4. The van der Waals surface area contributed by atoms with Crippen molar-refractivity contribution in [2.24, 2.45) is 0 Å². The number of H-pyrrole nitrogens is 1. The molecule has 164 valence electrons. The second kappa shape index (κ2) is 9.58. The van der Waals surface area contributed by atoms with E-state index in [-0.39, 0.29) is 24.2 Å². The minimum Gasteiger partial charge on any atom is -0.497 e. The Kier molecular flexibility index (Phi) is 6.63. The number of carbonyl (C=O) groups excluding carboxylic acids is 1. The molecule has 0 aliphatic heterocycles. The average molecular weight is 443 g/mol. The summed E-state index contributed by atoms with van der Waals surface area (Å²) < 4.78 is 5.24. The molecule has 1 saturated carbocycles. The first-order valence-electron chi connectivity index (χ1n) is 10.5. The van der Waals surface area contributed by atoms with Gasteiger partial charge in [0.2, 0.25) is 0 Å². The Bertz CT molecular complexity index is 1030. The minimum absolute atomic E-state index is 0.0690. The van der Waals surface area contributed by atoms with Crippen LogP contribution in [0, 0.1) is 0 Å². The maximum atomic E-state index is 12.8. The van der Waals surface area contributed by atoms with Crippen LogP contribution in [0.4, 0.5) is 4.79 Å². The highest BCUT2D eigenvalue weighted by Crippen LogP contribution is 2.24. The summed E-state index contributed by atoms with van der Waals surface area (Å²) in [6, 6.07) is 12.7. The van der Waals surface area contributed by atoms with Gasteiger partial charge in [-0.3, -0.25) is 0 Å². The molecule has 2 aromatic carbocycles. The number of fused-ring (bicyclic) bond motifs is 1. The van der Waals surface area contributed by atoms with Crippen LogP contribution in [-0.2, 0) is 6.42 Å². The van der Waals surface area contributed by atoms with E-state index in [1.165, 1.54) is 0 Å². The number of hydrogen-bond donors (Lipinski definition) is 4. The number of carbonyl (C=O) groups is 1. The van der Waals surface area contributed by atoms with E-state index >= 15 is 0 Å². The second-order valence-corrected chi connectivity index (χ2v) is 8.45. The normalized spacial score (nSPS) is 19.7. The lowest BCUT2D eigenvalue weighted by molar-refractivity contribution is 0.117. The van der Waals surface area contributed by atoms with Gasteiger partial charge in [-0.25, -0.2) is 9.78 Å². The van der Waals surface area contributed by atoms with Crippen molar-refractivity contribution in [3.05, 3.63) is 58.9 Å². The van der Waals surface area contributed by atoms with E-state index < -0.39 is 0 Å². The molecule has 31 heavy (non-hydrogen) atoms. The van der Waals surface area contributed by atoms with Crippen LogP contribution in [0.5, 0.6) is 5.75 Å². The van der Waals surface area contributed by atoms with Crippen molar-refractivity contribution in [1.82, 2.24) is 20.6 Å². The summed E-state index contributed by atoms with van der Waals surface area (Å²) in [5.41, 5.74) is 2.67. The maximum absolute atomic E-state index is 12.8. The van der Waals surface area contributed by atoms with Gasteiger partial charge >= 0.3 is 6.03 Å². The predicted octanol–water partition coefficient (Wildman–Crippen LogP) is 4.11. The van der Waals surface area contributed by atoms with Gasteiger partial charge in [-0.2, -0.15) is 0 Å². The molecule has 8 heteroatoms. The average Bonchev–Trinajstić information content (AvgIpc) is 3.18. The lowest BCUT2D eigenvalue weighted by atomic mass is 9.93. The van der Waals surface area contributed by atoms with E-state index in [0.29, 0.717) is 30.1 Å². The van der Waals surface area contributed by atoms with Crippen LogP contribution < -0.4 is 15.4 Å². The minimum atomic E-state index is -0.353. The summed E-state index contributed by atoms with van der Waals surface area (Å²) in [6.07, 6.45) is 3.29. The fourth-order valence-corrected chi connectivity index (χ4v) is 4.16. The van der Waals surface area contributed by atoms with E-state index in [4.69, 9.17) is 16.3 Å². The monoisotopic (exact) mass is 442 g/mol. The van der Waals surface area contributed by atoms with Crippen LogP contribution in [0.1, 0.15) is 43.1 Å². The van der Waals surface area contributed by atoms with Crippen LogP contribution in [0.2, 0.25) is 5.02 Å². The number of amides is 2. The lowest BCUT2D eigenvalue weighted by Crippen LogP contribution is -2.45. The molecule has 0 radical (unpaired) electrons. The molecule has 0 saturated heterocycles. The van der Waals surface area contributed by atoms with E-state index in [2.05, 4.69) is 20.6 Å². The largest absolute Gasteiger partial charge is 0.497 e. The molecule has 0 spiro atoms. The molecule has 4 rings (SSSR count). The fraction of sp³-hybridized carbons (Fsp3) is 0.391. The zero-order valence-corrected chi connectivity index (χ0v) is 18.2. The summed E-state index contributed by atoms with van der Waals surface area (Å²) in [4.78, 5) is 20.7. The first-order chi connectivity index (χ1) is 15.0. The van der Waals surface area contributed by atoms with Crippen LogP contribution in [0.3, 0.4) is 0 Å². The Balaban J connectivity index is 1.52. The Hall–Kier alpha value is -2.77. The second-order valence-electron chi connectivity index (χ2n) is 8.01. The van der Waals surface area contributed by atoms with Crippen LogP contribution in [0.15, 0.2) is 42.5 Å². The summed E-state index contributed by atoms with van der Waals surface area (Å²) >= 11 is 6.11. The van der Waals surface area contributed by atoms with Gasteiger partial charge in [-0.1, -0.05) is 23.7 Å².